The van der Waals surface area contributed by atoms with Crippen molar-refractivity contribution < 1.29 is 14.3 Å². The molecule has 0 fully saturated rings. The number of nitrogens with zero attached hydrogens (tertiary/aromatic N) is 2. The number of anilines is 1. The summed E-state index contributed by atoms with van der Waals surface area (Å²) in [6.07, 6.45) is 3.32. The number of ether oxygens (including phenoxy) is 1. The predicted molar refractivity (Wildman–Crippen MR) is 124 cm³/mol. The van der Waals surface area contributed by atoms with Crippen molar-refractivity contribution in [1.29, 1.82) is 0 Å². The minimum atomic E-state index is -0.359. The highest BCUT2D eigenvalue weighted by molar-refractivity contribution is 6.36. The monoisotopic (exact) mass is 427 g/mol. The Hall–Kier alpha value is -3.93. The van der Waals surface area contributed by atoms with E-state index in [0.29, 0.717) is 23.5 Å². The van der Waals surface area contributed by atoms with Gasteiger partial charge in [0.1, 0.15) is 11.4 Å². The molecule has 1 aliphatic rings. The summed E-state index contributed by atoms with van der Waals surface area (Å²) in [6.45, 7) is 6.62. The van der Waals surface area contributed by atoms with Crippen molar-refractivity contribution in [2.45, 2.75) is 27.3 Å². The molecule has 0 bridgehead atoms. The number of imide groups is 1. The first kappa shape index (κ1) is 21.3. The summed E-state index contributed by atoms with van der Waals surface area (Å²) in [7, 11) is 0. The molecular weight excluding hydrogens is 402 g/mol. The van der Waals surface area contributed by atoms with Crippen molar-refractivity contribution in [3.05, 3.63) is 94.9 Å². The van der Waals surface area contributed by atoms with Crippen molar-refractivity contribution in [3.8, 4) is 5.75 Å². The Morgan fingerprint density at radius 3 is 2.31 bits per heavy atom. The van der Waals surface area contributed by atoms with Gasteiger partial charge in [-0.2, -0.15) is 0 Å². The van der Waals surface area contributed by atoms with Crippen LogP contribution in [0.5, 0.6) is 5.75 Å². The number of carbonyl (C=O) groups excluding carboxylic acids is 2. The van der Waals surface area contributed by atoms with E-state index in [9.17, 15) is 9.59 Å². The number of pyridine rings is 1. The third kappa shape index (κ3) is 4.39. The molecule has 1 aliphatic heterocycles. The second-order valence-corrected chi connectivity index (χ2v) is 7.77. The molecule has 2 aromatic carbocycles. The van der Waals surface area contributed by atoms with Gasteiger partial charge in [-0.05, 0) is 73.4 Å². The molecule has 162 valence electrons. The SMILES string of the molecule is CCOc1ccc(C2=C(Nc3cc(C)cc(C)c3)C(=O)N(Cc3cccnc3)C2=O)cc1. The molecule has 32 heavy (non-hydrogen) atoms. The van der Waals surface area contributed by atoms with E-state index in [1.54, 1.807) is 18.5 Å². The van der Waals surface area contributed by atoms with Crippen LogP contribution in [0.3, 0.4) is 0 Å². The molecule has 2 heterocycles. The van der Waals surface area contributed by atoms with Crippen LogP contribution in [-0.2, 0) is 16.1 Å². The highest BCUT2D eigenvalue weighted by Crippen LogP contribution is 2.32. The molecule has 0 atom stereocenters. The van der Waals surface area contributed by atoms with Crippen LogP contribution < -0.4 is 10.1 Å². The number of nitrogens with one attached hydrogen (secondary N) is 1. The van der Waals surface area contributed by atoms with E-state index in [0.717, 1.165) is 22.4 Å². The second kappa shape index (κ2) is 9.06. The zero-order chi connectivity index (χ0) is 22.7. The summed E-state index contributed by atoms with van der Waals surface area (Å²) in [5.41, 5.74) is 4.97. The van der Waals surface area contributed by atoms with Gasteiger partial charge in [0, 0.05) is 18.1 Å². The Morgan fingerprint density at radius 1 is 0.969 bits per heavy atom. The number of rotatable bonds is 7. The number of hydrogen-bond acceptors (Lipinski definition) is 5. The molecule has 0 spiro atoms. The Bertz CT molecular complexity index is 1160. The van der Waals surface area contributed by atoms with Crippen LogP contribution in [0.1, 0.15) is 29.2 Å². The van der Waals surface area contributed by atoms with Crippen LogP contribution in [0.2, 0.25) is 0 Å². The van der Waals surface area contributed by atoms with E-state index in [4.69, 9.17) is 4.74 Å². The fourth-order valence-electron chi connectivity index (χ4n) is 3.85. The van der Waals surface area contributed by atoms with Gasteiger partial charge in [0.25, 0.3) is 11.8 Å². The summed E-state index contributed by atoms with van der Waals surface area (Å²) in [5, 5.41) is 3.23. The number of hydrogen-bond donors (Lipinski definition) is 1. The van der Waals surface area contributed by atoms with Crippen LogP contribution in [-0.4, -0.2) is 28.3 Å². The predicted octanol–water partition coefficient (Wildman–Crippen LogP) is 4.49. The van der Waals surface area contributed by atoms with Crippen LogP contribution in [0.25, 0.3) is 5.57 Å². The highest BCUT2D eigenvalue weighted by Gasteiger charge is 2.39. The van der Waals surface area contributed by atoms with Gasteiger partial charge in [0.2, 0.25) is 0 Å². The largest absolute Gasteiger partial charge is 0.494 e. The van der Waals surface area contributed by atoms with Crippen molar-refractivity contribution in [3.63, 3.8) is 0 Å². The fraction of sp³-hybridized carbons (Fsp3) is 0.192. The number of carbonyl (C=O) groups is 2. The van der Waals surface area contributed by atoms with Gasteiger partial charge in [0.05, 0.1) is 18.7 Å². The van der Waals surface area contributed by atoms with Crippen molar-refractivity contribution in [2.75, 3.05) is 11.9 Å². The smallest absolute Gasteiger partial charge is 0.278 e. The van der Waals surface area contributed by atoms with Gasteiger partial charge in [-0.3, -0.25) is 19.5 Å². The van der Waals surface area contributed by atoms with Crippen LogP contribution in [0.15, 0.2) is 72.7 Å². The van der Waals surface area contributed by atoms with Gasteiger partial charge in [-0.1, -0.05) is 24.3 Å². The molecule has 0 aliphatic carbocycles. The lowest BCUT2D eigenvalue weighted by molar-refractivity contribution is -0.137. The summed E-state index contributed by atoms with van der Waals surface area (Å²) >= 11 is 0. The van der Waals surface area contributed by atoms with Crippen LogP contribution >= 0.6 is 0 Å². The molecule has 6 heteroatoms. The average molecular weight is 428 g/mol. The first-order valence-corrected chi connectivity index (χ1v) is 10.5. The molecule has 6 nitrogen and oxygen atoms in total. The summed E-state index contributed by atoms with van der Waals surface area (Å²) in [6, 6.07) is 16.8. The first-order chi connectivity index (χ1) is 15.5. The third-order valence-corrected chi connectivity index (χ3v) is 5.18. The minimum absolute atomic E-state index is 0.157. The van der Waals surface area contributed by atoms with Gasteiger partial charge in [-0.25, -0.2) is 0 Å². The molecule has 0 saturated heterocycles. The van der Waals surface area contributed by atoms with Gasteiger partial charge in [-0.15, -0.1) is 0 Å². The normalized spacial score (nSPS) is 13.7. The lowest BCUT2D eigenvalue weighted by Gasteiger charge is -2.15. The molecule has 1 N–H and O–H groups in total. The molecule has 1 aromatic heterocycles. The molecule has 2 amide bonds. The summed E-state index contributed by atoms with van der Waals surface area (Å²) in [4.78, 5) is 32.2. The maximum atomic E-state index is 13.4. The van der Waals surface area contributed by atoms with Crippen molar-refractivity contribution in [2.24, 2.45) is 0 Å². The van der Waals surface area contributed by atoms with Crippen molar-refractivity contribution in [1.82, 2.24) is 9.88 Å². The number of aromatic nitrogens is 1. The molecule has 0 unspecified atom stereocenters. The van der Waals surface area contributed by atoms with E-state index in [1.807, 2.05) is 63.2 Å². The Balaban J connectivity index is 1.74. The van der Waals surface area contributed by atoms with E-state index in [2.05, 4.69) is 16.4 Å². The van der Waals surface area contributed by atoms with Crippen LogP contribution in [0, 0.1) is 13.8 Å². The van der Waals surface area contributed by atoms with Crippen LogP contribution in [0.4, 0.5) is 5.69 Å². The maximum absolute atomic E-state index is 13.4. The lowest BCUT2D eigenvalue weighted by Crippen LogP contribution is -2.32. The molecular formula is C26H25N3O3. The molecule has 4 rings (SSSR count). The number of benzene rings is 2. The third-order valence-electron chi connectivity index (χ3n) is 5.18. The zero-order valence-corrected chi connectivity index (χ0v) is 18.4. The fourth-order valence-corrected chi connectivity index (χ4v) is 3.85. The second-order valence-electron chi connectivity index (χ2n) is 7.77. The Labute approximate surface area is 187 Å². The van der Waals surface area contributed by atoms with E-state index < -0.39 is 0 Å². The molecule has 0 radical (unpaired) electrons. The standard InChI is InChI=1S/C26H25N3O3/c1-4-32-22-9-7-20(8-10-22)23-24(28-21-13-17(2)12-18(3)14-21)26(31)29(25(23)30)16-19-6-5-11-27-15-19/h5-15,28H,4,16H2,1-3H3. The zero-order valence-electron chi connectivity index (χ0n) is 18.4. The Kier molecular flexibility index (Phi) is 6.03. The Morgan fingerprint density at radius 2 is 1.69 bits per heavy atom. The van der Waals surface area contributed by atoms with E-state index in [1.165, 1.54) is 4.90 Å². The highest BCUT2D eigenvalue weighted by atomic mass is 16.5. The lowest BCUT2D eigenvalue weighted by atomic mass is 10.0. The van der Waals surface area contributed by atoms with Crippen molar-refractivity contribution >= 4 is 23.1 Å². The first-order valence-electron chi connectivity index (χ1n) is 10.5. The summed E-state index contributed by atoms with van der Waals surface area (Å²) < 4.78 is 5.52. The molecule has 0 saturated carbocycles. The quantitative estimate of drug-likeness (QED) is 0.563. The number of aryl methyl sites for hydroxylation is 2. The van der Waals surface area contributed by atoms with E-state index in [-0.39, 0.29) is 24.1 Å². The van der Waals surface area contributed by atoms with Gasteiger partial charge >= 0.3 is 0 Å². The minimum Gasteiger partial charge on any atom is -0.494 e. The number of amides is 2. The molecule has 3 aromatic rings. The maximum Gasteiger partial charge on any atom is 0.278 e. The van der Waals surface area contributed by atoms with Gasteiger partial charge in [0.15, 0.2) is 0 Å². The van der Waals surface area contributed by atoms with E-state index >= 15 is 0 Å². The average Bonchev–Trinajstić information content (AvgIpc) is 2.99. The summed E-state index contributed by atoms with van der Waals surface area (Å²) in [5.74, 6) is 0.0152. The topological polar surface area (TPSA) is 71.5 Å². The van der Waals surface area contributed by atoms with Gasteiger partial charge < -0.3 is 10.1 Å².